The predicted molar refractivity (Wildman–Crippen MR) is 134 cm³/mol. The number of amides is 1. The van der Waals surface area contributed by atoms with E-state index < -0.39 is 21.9 Å². The normalized spacial score (nSPS) is 11.1. The molecule has 1 amide bonds. The Labute approximate surface area is 209 Å². The minimum Gasteiger partial charge on any atom is -0.410 e. The molecule has 9 heteroatoms. The second-order valence-electron chi connectivity index (χ2n) is 7.82. The molecule has 4 aromatic rings. The fraction of sp³-hybridized carbons (Fsp3) is 0.111. The van der Waals surface area contributed by atoms with Crippen LogP contribution in [0.3, 0.4) is 0 Å². The highest BCUT2D eigenvalue weighted by molar-refractivity contribution is 7.89. The molecule has 0 unspecified atom stereocenters. The van der Waals surface area contributed by atoms with Gasteiger partial charge in [0.25, 0.3) is 0 Å². The highest BCUT2D eigenvalue weighted by Crippen LogP contribution is 2.32. The molecular weight excluding hydrogens is 481 g/mol. The third-order valence-corrected chi connectivity index (χ3v) is 6.77. The van der Waals surface area contributed by atoms with Gasteiger partial charge >= 0.3 is 6.09 Å². The number of carbonyl (C=O) groups excluding carboxylic acids is 1. The monoisotopic (exact) mass is 505 g/mol. The van der Waals surface area contributed by atoms with Crippen molar-refractivity contribution < 1.29 is 22.3 Å². The van der Waals surface area contributed by atoms with E-state index in [1.807, 2.05) is 30.3 Å². The Morgan fingerprint density at radius 2 is 1.56 bits per heavy atom. The van der Waals surface area contributed by atoms with E-state index in [0.29, 0.717) is 35.4 Å². The Morgan fingerprint density at radius 1 is 0.861 bits per heavy atom. The quantitative estimate of drug-likeness (QED) is 0.344. The molecule has 2 N–H and O–H groups in total. The lowest BCUT2D eigenvalue weighted by molar-refractivity contribution is 0.201. The van der Waals surface area contributed by atoms with Gasteiger partial charge in [-0.25, -0.2) is 22.3 Å². The van der Waals surface area contributed by atoms with Gasteiger partial charge in [-0.3, -0.25) is 4.98 Å². The van der Waals surface area contributed by atoms with E-state index in [-0.39, 0.29) is 11.4 Å². The Bertz CT molecular complexity index is 1430. The summed E-state index contributed by atoms with van der Waals surface area (Å²) in [6.07, 6.45) is 1.66. The topological polar surface area (TPSA) is 97.4 Å². The lowest BCUT2D eigenvalue weighted by Gasteiger charge is -2.15. The minimum absolute atomic E-state index is 0.0134. The Hall–Kier alpha value is -4.08. The van der Waals surface area contributed by atoms with Crippen molar-refractivity contribution in [3.63, 3.8) is 0 Å². The zero-order valence-electron chi connectivity index (χ0n) is 19.2. The van der Waals surface area contributed by atoms with Crippen LogP contribution in [0, 0.1) is 5.82 Å². The largest absolute Gasteiger partial charge is 0.412 e. The summed E-state index contributed by atoms with van der Waals surface area (Å²) in [5.41, 5.74) is 2.87. The maximum atomic E-state index is 13.2. The molecule has 0 saturated carbocycles. The van der Waals surface area contributed by atoms with Crippen molar-refractivity contribution in [1.29, 1.82) is 0 Å². The van der Waals surface area contributed by atoms with Crippen molar-refractivity contribution in [1.82, 2.24) is 15.0 Å². The number of nitrogens with one attached hydrogen (secondary N) is 2. The van der Waals surface area contributed by atoms with Gasteiger partial charge in [0, 0.05) is 37.0 Å². The lowest BCUT2D eigenvalue weighted by atomic mass is 9.99. The summed E-state index contributed by atoms with van der Waals surface area (Å²) in [7, 11) is -3.85. The number of sulfonamides is 1. The van der Waals surface area contributed by atoms with Crippen LogP contribution in [0.2, 0.25) is 0 Å². The maximum absolute atomic E-state index is 13.2. The molecule has 0 aliphatic heterocycles. The first kappa shape index (κ1) is 25.0. The maximum Gasteiger partial charge on any atom is 0.412 e. The molecular formula is C27H24FN3O4S. The molecule has 3 aromatic carbocycles. The molecule has 7 nitrogen and oxygen atoms in total. The number of nitrogens with zero attached hydrogens (tertiary/aromatic N) is 1. The molecule has 0 aliphatic carbocycles. The van der Waals surface area contributed by atoms with Gasteiger partial charge in [0.1, 0.15) is 11.6 Å². The van der Waals surface area contributed by atoms with Gasteiger partial charge in [-0.1, -0.05) is 48.5 Å². The van der Waals surface area contributed by atoms with Crippen LogP contribution in [-0.4, -0.2) is 26.0 Å². The second-order valence-corrected chi connectivity index (χ2v) is 9.59. The van der Waals surface area contributed by atoms with Gasteiger partial charge in [-0.2, -0.15) is 0 Å². The van der Waals surface area contributed by atoms with E-state index in [0.717, 1.165) is 17.8 Å². The number of pyridine rings is 1. The highest BCUT2D eigenvalue weighted by atomic mass is 32.2. The standard InChI is InChI=1S/C27H24FN3O4S/c28-21-12-14-23(15-13-21)36(33,34)31-19-20-7-1-2-9-24(20)25-10-3-4-11-26(25)35-27(32)30-18-16-22-8-5-6-17-29-22/h1-15,17,31H,16,18-19H2,(H,30,32). The first-order chi connectivity index (χ1) is 17.4. The number of ether oxygens (including phenoxy) is 1. The molecule has 0 radical (unpaired) electrons. The highest BCUT2D eigenvalue weighted by Gasteiger charge is 2.17. The molecule has 0 bridgehead atoms. The number of rotatable bonds is 9. The van der Waals surface area contributed by atoms with Crippen LogP contribution in [0.5, 0.6) is 5.75 Å². The van der Waals surface area contributed by atoms with Crippen LogP contribution in [0.15, 0.2) is 102 Å². The summed E-state index contributed by atoms with van der Waals surface area (Å²) in [6.45, 7) is 0.347. The van der Waals surface area contributed by atoms with Crippen molar-refractivity contribution >= 4 is 16.1 Å². The lowest BCUT2D eigenvalue weighted by Crippen LogP contribution is -2.29. The Kier molecular flexibility index (Phi) is 8.04. The predicted octanol–water partition coefficient (Wildman–Crippen LogP) is 4.70. The average molecular weight is 506 g/mol. The molecule has 0 atom stereocenters. The van der Waals surface area contributed by atoms with Crippen LogP contribution >= 0.6 is 0 Å². The van der Waals surface area contributed by atoms with Gasteiger partial charge in [0.05, 0.1) is 4.90 Å². The molecule has 0 fully saturated rings. The number of carbonyl (C=O) groups is 1. The van der Waals surface area contributed by atoms with Crippen molar-refractivity contribution in [3.05, 3.63) is 114 Å². The Morgan fingerprint density at radius 3 is 2.31 bits per heavy atom. The van der Waals surface area contributed by atoms with Crippen molar-refractivity contribution in [2.24, 2.45) is 0 Å². The smallest absolute Gasteiger partial charge is 0.410 e. The number of aromatic nitrogens is 1. The fourth-order valence-electron chi connectivity index (χ4n) is 3.56. The number of para-hydroxylation sites is 1. The molecule has 0 saturated heterocycles. The molecule has 184 valence electrons. The molecule has 0 spiro atoms. The van der Waals surface area contributed by atoms with Crippen molar-refractivity contribution in [3.8, 4) is 16.9 Å². The molecule has 0 aliphatic rings. The van der Waals surface area contributed by atoms with E-state index in [2.05, 4.69) is 15.0 Å². The number of benzene rings is 3. The van der Waals surface area contributed by atoms with Gasteiger partial charge in [0.2, 0.25) is 10.0 Å². The number of halogens is 1. The third kappa shape index (κ3) is 6.53. The minimum atomic E-state index is -3.85. The van der Waals surface area contributed by atoms with Gasteiger partial charge in [-0.15, -0.1) is 0 Å². The number of hydrogen-bond acceptors (Lipinski definition) is 5. The summed E-state index contributed by atoms with van der Waals surface area (Å²) >= 11 is 0. The van der Waals surface area contributed by atoms with Crippen LogP contribution in [0.25, 0.3) is 11.1 Å². The fourth-order valence-corrected chi connectivity index (χ4v) is 4.57. The summed E-state index contributed by atoms with van der Waals surface area (Å²) in [4.78, 5) is 16.6. The third-order valence-electron chi connectivity index (χ3n) is 5.35. The van der Waals surface area contributed by atoms with E-state index in [1.54, 1.807) is 42.6 Å². The Balaban J connectivity index is 1.47. The summed E-state index contributed by atoms with van der Waals surface area (Å²) in [6, 6.07) is 24.4. The summed E-state index contributed by atoms with van der Waals surface area (Å²) in [5, 5.41) is 2.72. The summed E-state index contributed by atoms with van der Waals surface area (Å²) < 4.78 is 46.6. The van der Waals surface area contributed by atoms with Crippen LogP contribution in [0.4, 0.5) is 9.18 Å². The first-order valence-electron chi connectivity index (χ1n) is 11.2. The molecule has 1 aromatic heterocycles. The van der Waals surface area contributed by atoms with E-state index in [1.165, 1.54) is 12.1 Å². The van der Waals surface area contributed by atoms with Crippen molar-refractivity contribution in [2.45, 2.75) is 17.9 Å². The van der Waals surface area contributed by atoms with Gasteiger partial charge < -0.3 is 10.1 Å². The van der Waals surface area contributed by atoms with Gasteiger partial charge in [0.15, 0.2) is 0 Å². The summed E-state index contributed by atoms with van der Waals surface area (Å²) in [5.74, 6) is -0.182. The SMILES string of the molecule is O=C(NCCc1ccccn1)Oc1ccccc1-c1ccccc1CNS(=O)(=O)c1ccc(F)cc1. The average Bonchev–Trinajstić information content (AvgIpc) is 2.89. The van der Waals surface area contributed by atoms with Crippen molar-refractivity contribution in [2.75, 3.05) is 6.54 Å². The van der Waals surface area contributed by atoms with E-state index >= 15 is 0 Å². The van der Waals surface area contributed by atoms with Gasteiger partial charge in [-0.05, 0) is 53.6 Å². The second kappa shape index (κ2) is 11.6. The first-order valence-corrected chi connectivity index (χ1v) is 12.7. The zero-order chi connectivity index (χ0) is 25.4. The zero-order valence-corrected chi connectivity index (χ0v) is 20.0. The molecule has 1 heterocycles. The van der Waals surface area contributed by atoms with E-state index in [4.69, 9.17) is 4.74 Å². The van der Waals surface area contributed by atoms with Crippen LogP contribution in [-0.2, 0) is 23.0 Å². The molecule has 36 heavy (non-hydrogen) atoms. The van der Waals surface area contributed by atoms with Crippen LogP contribution < -0.4 is 14.8 Å². The number of hydrogen-bond donors (Lipinski definition) is 2. The molecule has 4 rings (SSSR count). The van der Waals surface area contributed by atoms with Crippen LogP contribution in [0.1, 0.15) is 11.3 Å². The van der Waals surface area contributed by atoms with E-state index in [9.17, 15) is 17.6 Å².